The van der Waals surface area contributed by atoms with E-state index in [0.29, 0.717) is 54.3 Å². The van der Waals surface area contributed by atoms with Gasteiger partial charge in [0.1, 0.15) is 17.8 Å². The molecule has 3 aromatic heterocycles. The van der Waals surface area contributed by atoms with E-state index in [1.165, 1.54) is 4.90 Å². The zero-order valence-corrected chi connectivity index (χ0v) is 22.1. The second-order valence-corrected chi connectivity index (χ2v) is 9.81. The lowest BCUT2D eigenvalue weighted by atomic mass is 10.1. The van der Waals surface area contributed by atoms with Crippen LogP contribution in [-0.4, -0.2) is 46.9 Å². The fourth-order valence-corrected chi connectivity index (χ4v) is 4.88. The molecule has 1 aliphatic heterocycles. The lowest BCUT2D eigenvalue weighted by molar-refractivity contribution is -0.125. The zero-order chi connectivity index (χ0) is 27.0. The number of furan rings is 1. The summed E-state index contributed by atoms with van der Waals surface area (Å²) in [6.45, 7) is 6.17. The maximum Gasteiger partial charge on any atom is 0.261 e. The van der Waals surface area contributed by atoms with Crippen LogP contribution in [0.5, 0.6) is 0 Å². The minimum absolute atomic E-state index is 0.0743. The summed E-state index contributed by atoms with van der Waals surface area (Å²) in [4.78, 5) is 47.8. The fraction of sp³-hybridized carbons (Fsp3) is 0.310. The van der Waals surface area contributed by atoms with Crippen LogP contribution < -0.4 is 15.4 Å². The maximum absolute atomic E-state index is 13.0. The van der Waals surface area contributed by atoms with Gasteiger partial charge in [-0.3, -0.25) is 24.3 Å². The summed E-state index contributed by atoms with van der Waals surface area (Å²) in [6.07, 6.45) is 3.40. The molecule has 0 aliphatic carbocycles. The average Bonchev–Trinajstić information content (AvgIpc) is 3.26. The van der Waals surface area contributed by atoms with Gasteiger partial charge in [0.15, 0.2) is 0 Å². The first-order chi connectivity index (χ1) is 18.2. The third-order valence-electron chi connectivity index (χ3n) is 7.17. The molecule has 1 aliphatic rings. The molecule has 0 spiro atoms. The Balaban J connectivity index is 1.43. The molecular formula is C29H31N5O4. The third kappa shape index (κ3) is 4.97. The molecule has 9 nitrogen and oxygen atoms in total. The largest absolute Gasteiger partial charge is 0.461 e. The standard InChI is InChI=1S/C29H31N5O4/c1-19-14-23-26(38-19)9-11-34(29(23)37)13-12-33(18-22-6-5-10-30-20(22)2)17-21-7-8-24-25(15-21)32(4)28(36)16-27(35)31(24)3/h5-11,14-15H,12-13,16-18H2,1-4H3. The number of pyridine rings is 2. The third-order valence-corrected chi connectivity index (χ3v) is 7.17. The highest BCUT2D eigenvalue weighted by Gasteiger charge is 2.27. The fourth-order valence-electron chi connectivity index (χ4n) is 4.88. The predicted octanol–water partition coefficient (Wildman–Crippen LogP) is 3.64. The number of benzene rings is 1. The maximum atomic E-state index is 13.0. The first-order valence-electron chi connectivity index (χ1n) is 12.6. The Kier molecular flexibility index (Phi) is 6.86. The van der Waals surface area contributed by atoms with Crippen molar-refractivity contribution in [2.45, 2.75) is 39.9 Å². The number of aromatic nitrogens is 2. The number of carbonyl (C=O) groups excluding carboxylic acids is 2. The van der Waals surface area contributed by atoms with Crippen LogP contribution in [0.15, 0.2) is 64.1 Å². The Hall–Kier alpha value is -4.24. The average molecular weight is 514 g/mol. The number of aryl methyl sites for hydroxylation is 2. The van der Waals surface area contributed by atoms with Gasteiger partial charge in [0.2, 0.25) is 11.8 Å². The Morgan fingerprint density at radius 3 is 2.47 bits per heavy atom. The summed E-state index contributed by atoms with van der Waals surface area (Å²) in [6, 6.07) is 13.4. The quantitative estimate of drug-likeness (QED) is 0.351. The van der Waals surface area contributed by atoms with Crippen LogP contribution in [0.2, 0.25) is 0 Å². The van der Waals surface area contributed by atoms with Crippen molar-refractivity contribution in [2.24, 2.45) is 0 Å². The van der Waals surface area contributed by atoms with Crippen molar-refractivity contribution in [1.29, 1.82) is 0 Å². The summed E-state index contributed by atoms with van der Waals surface area (Å²) in [7, 11) is 3.40. The molecule has 2 amide bonds. The predicted molar refractivity (Wildman–Crippen MR) is 146 cm³/mol. The number of carbonyl (C=O) groups is 2. The Morgan fingerprint density at radius 2 is 1.71 bits per heavy atom. The zero-order valence-electron chi connectivity index (χ0n) is 22.1. The number of amides is 2. The van der Waals surface area contributed by atoms with Gasteiger partial charge in [0, 0.05) is 58.4 Å². The van der Waals surface area contributed by atoms with Crippen LogP contribution in [0.25, 0.3) is 11.0 Å². The molecule has 38 heavy (non-hydrogen) atoms. The van der Waals surface area contributed by atoms with Crippen molar-refractivity contribution in [1.82, 2.24) is 14.5 Å². The van der Waals surface area contributed by atoms with E-state index in [-0.39, 0.29) is 23.8 Å². The van der Waals surface area contributed by atoms with Crippen LogP contribution in [0.3, 0.4) is 0 Å². The van der Waals surface area contributed by atoms with E-state index >= 15 is 0 Å². The number of fused-ring (bicyclic) bond motifs is 2. The van der Waals surface area contributed by atoms with Gasteiger partial charge in [-0.2, -0.15) is 0 Å². The van der Waals surface area contributed by atoms with Crippen LogP contribution in [0, 0.1) is 13.8 Å². The highest BCUT2D eigenvalue weighted by atomic mass is 16.3. The smallest absolute Gasteiger partial charge is 0.261 e. The molecule has 4 heterocycles. The van der Waals surface area contributed by atoms with Crippen molar-refractivity contribution in [3.8, 4) is 0 Å². The summed E-state index contributed by atoms with van der Waals surface area (Å²) in [5.74, 6) is 0.254. The first kappa shape index (κ1) is 25.4. The summed E-state index contributed by atoms with van der Waals surface area (Å²) < 4.78 is 7.31. The highest BCUT2D eigenvalue weighted by molar-refractivity contribution is 6.14. The molecule has 0 unspecified atom stereocenters. The van der Waals surface area contributed by atoms with Crippen LogP contribution >= 0.6 is 0 Å². The topological polar surface area (TPSA) is 91.9 Å². The number of rotatable bonds is 7. The Bertz CT molecular complexity index is 1590. The Labute approximate surface area is 220 Å². The molecule has 0 fully saturated rings. The van der Waals surface area contributed by atoms with E-state index in [1.54, 1.807) is 42.0 Å². The van der Waals surface area contributed by atoms with Crippen LogP contribution in [0.4, 0.5) is 11.4 Å². The number of nitrogens with zero attached hydrogens (tertiary/aromatic N) is 5. The van der Waals surface area contributed by atoms with Gasteiger partial charge in [0.05, 0.1) is 16.8 Å². The molecule has 9 heteroatoms. The van der Waals surface area contributed by atoms with E-state index in [1.807, 2.05) is 44.2 Å². The van der Waals surface area contributed by atoms with Crippen molar-refractivity contribution < 1.29 is 14.0 Å². The van der Waals surface area contributed by atoms with Crippen LogP contribution in [-0.2, 0) is 29.2 Å². The molecular weight excluding hydrogens is 482 g/mol. The number of hydrogen-bond acceptors (Lipinski definition) is 6. The van der Waals surface area contributed by atoms with Gasteiger partial charge in [-0.1, -0.05) is 12.1 Å². The van der Waals surface area contributed by atoms with Gasteiger partial charge in [-0.25, -0.2) is 0 Å². The van der Waals surface area contributed by atoms with Crippen molar-refractivity contribution in [3.63, 3.8) is 0 Å². The minimum atomic E-state index is -0.232. The molecule has 0 bridgehead atoms. The molecule has 4 aromatic rings. The lowest BCUT2D eigenvalue weighted by Gasteiger charge is -2.26. The molecule has 1 aromatic carbocycles. The van der Waals surface area contributed by atoms with Crippen LogP contribution in [0.1, 0.15) is 29.0 Å². The van der Waals surface area contributed by atoms with E-state index in [0.717, 1.165) is 16.8 Å². The highest BCUT2D eigenvalue weighted by Crippen LogP contribution is 2.33. The van der Waals surface area contributed by atoms with Gasteiger partial charge in [-0.05, 0) is 55.3 Å². The van der Waals surface area contributed by atoms with Gasteiger partial charge in [-0.15, -0.1) is 0 Å². The monoisotopic (exact) mass is 513 g/mol. The number of hydrogen-bond donors (Lipinski definition) is 0. The summed E-state index contributed by atoms with van der Waals surface area (Å²) in [5.41, 5.74) is 4.99. The normalized spacial score (nSPS) is 13.9. The van der Waals surface area contributed by atoms with Gasteiger partial charge < -0.3 is 18.8 Å². The molecule has 0 N–H and O–H groups in total. The second-order valence-electron chi connectivity index (χ2n) is 9.81. The first-order valence-corrected chi connectivity index (χ1v) is 12.6. The molecule has 0 saturated carbocycles. The van der Waals surface area contributed by atoms with E-state index < -0.39 is 0 Å². The molecule has 5 rings (SSSR count). The van der Waals surface area contributed by atoms with Crippen molar-refractivity contribution in [2.75, 3.05) is 30.4 Å². The number of anilines is 2. The molecule has 0 atom stereocenters. The molecule has 0 saturated heterocycles. The second kappa shape index (κ2) is 10.3. The molecule has 0 radical (unpaired) electrons. The minimum Gasteiger partial charge on any atom is -0.461 e. The summed E-state index contributed by atoms with van der Waals surface area (Å²) in [5, 5.41) is 0.580. The Morgan fingerprint density at radius 1 is 0.947 bits per heavy atom. The SMILES string of the molecule is Cc1cc2c(=O)n(CCN(Cc3ccc4c(c3)N(C)C(=O)CC(=O)N4C)Cc3cccnc3C)ccc2o1. The van der Waals surface area contributed by atoms with Crippen molar-refractivity contribution >= 4 is 34.2 Å². The van der Waals surface area contributed by atoms with E-state index in [4.69, 9.17) is 4.42 Å². The molecule has 196 valence electrons. The van der Waals surface area contributed by atoms with E-state index in [9.17, 15) is 14.4 Å². The van der Waals surface area contributed by atoms with E-state index in [2.05, 4.69) is 16.0 Å². The summed E-state index contributed by atoms with van der Waals surface area (Å²) >= 11 is 0. The van der Waals surface area contributed by atoms with Gasteiger partial charge >= 0.3 is 0 Å². The lowest BCUT2D eigenvalue weighted by Crippen LogP contribution is -2.31. The van der Waals surface area contributed by atoms with Crippen molar-refractivity contribution in [3.05, 3.63) is 87.8 Å². The van der Waals surface area contributed by atoms with Gasteiger partial charge in [0.25, 0.3) is 5.56 Å².